The molecule has 9 nitrogen and oxygen atoms in total. The van der Waals surface area contributed by atoms with Crippen LogP contribution < -0.4 is 9.46 Å². The molecular formula is C27H25N3O6S. The van der Waals surface area contributed by atoms with Crippen molar-refractivity contribution in [2.24, 2.45) is 0 Å². The highest BCUT2D eigenvalue weighted by Gasteiger charge is 2.30. The summed E-state index contributed by atoms with van der Waals surface area (Å²) >= 11 is 0. The maximum atomic E-state index is 12.5. The highest BCUT2D eigenvalue weighted by molar-refractivity contribution is 7.92. The first-order chi connectivity index (χ1) is 17.5. The lowest BCUT2D eigenvalue weighted by Crippen LogP contribution is -2.17. The van der Waals surface area contributed by atoms with Gasteiger partial charge >= 0.3 is 5.97 Å². The van der Waals surface area contributed by atoms with Gasteiger partial charge in [-0.1, -0.05) is 6.58 Å². The Morgan fingerprint density at radius 3 is 2.73 bits per heavy atom. The van der Waals surface area contributed by atoms with E-state index in [0.29, 0.717) is 45.3 Å². The molecule has 37 heavy (non-hydrogen) atoms. The van der Waals surface area contributed by atoms with Gasteiger partial charge in [0.25, 0.3) is 0 Å². The molecule has 0 saturated carbocycles. The molecule has 2 N–H and O–H groups in total. The van der Waals surface area contributed by atoms with E-state index in [4.69, 9.17) is 9.47 Å². The number of aliphatic carboxylic acids is 1. The van der Waals surface area contributed by atoms with E-state index in [1.54, 1.807) is 38.2 Å². The Kier molecular flexibility index (Phi) is 5.99. The van der Waals surface area contributed by atoms with Crippen LogP contribution in [0.4, 0.5) is 5.82 Å². The number of anilines is 1. The summed E-state index contributed by atoms with van der Waals surface area (Å²) in [5, 5.41) is 11.7. The number of pyridine rings is 2. The van der Waals surface area contributed by atoms with Crippen LogP contribution in [0.2, 0.25) is 0 Å². The second kappa shape index (κ2) is 9.04. The number of aryl methyl sites for hydroxylation is 1. The maximum Gasteiger partial charge on any atom is 0.349 e. The van der Waals surface area contributed by atoms with Crippen molar-refractivity contribution in [3.8, 4) is 16.9 Å². The number of carboxylic acids is 1. The molecule has 0 aliphatic carbocycles. The number of rotatable bonds is 7. The van der Waals surface area contributed by atoms with Gasteiger partial charge in [-0.05, 0) is 61.4 Å². The Morgan fingerprint density at radius 1 is 1.24 bits per heavy atom. The molecule has 1 aliphatic heterocycles. The molecule has 1 aliphatic rings. The molecule has 0 unspecified atom stereocenters. The number of hydrogen-bond acceptors (Lipinski definition) is 7. The SMILES string of the molecule is C=C(C)O[C@H](C(=O)O)c1c(C)cc2nc(NS(C)(=O)=O)ccc2c1-c1ccc2c3c(ccnc13)CCO2. The van der Waals surface area contributed by atoms with Crippen LogP contribution >= 0.6 is 0 Å². The van der Waals surface area contributed by atoms with Gasteiger partial charge < -0.3 is 14.6 Å². The van der Waals surface area contributed by atoms with Crippen molar-refractivity contribution in [1.29, 1.82) is 0 Å². The molecule has 0 saturated heterocycles. The maximum absolute atomic E-state index is 12.5. The molecular weight excluding hydrogens is 494 g/mol. The van der Waals surface area contributed by atoms with Gasteiger partial charge in [0, 0.05) is 40.1 Å². The number of hydrogen-bond donors (Lipinski definition) is 2. The Labute approximate surface area is 213 Å². The van der Waals surface area contributed by atoms with Gasteiger partial charge in [0.15, 0.2) is 0 Å². The summed E-state index contributed by atoms with van der Waals surface area (Å²) < 4.78 is 37.6. The number of fused-ring (bicyclic) bond motifs is 1. The van der Waals surface area contributed by atoms with Crippen LogP contribution in [0.1, 0.15) is 29.7 Å². The quantitative estimate of drug-likeness (QED) is 0.335. The van der Waals surface area contributed by atoms with Crippen LogP contribution in [0.5, 0.6) is 5.75 Å². The molecule has 0 amide bonds. The second-order valence-electron chi connectivity index (χ2n) is 9.06. The van der Waals surface area contributed by atoms with E-state index >= 15 is 0 Å². The lowest BCUT2D eigenvalue weighted by Gasteiger charge is -2.24. The molecule has 4 aromatic rings. The zero-order valence-corrected chi connectivity index (χ0v) is 21.3. The largest absolute Gasteiger partial charge is 0.493 e. The van der Waals surface area contributed by atoms with Crippen molar-refractivity contribution in [3.63, 3.8) is 0 Å². The van der Waals surface area contributed by atoms with E-state index in [1.165, 1.54) is 0 Å². The van der Waals surface area contributed by atoms with Gasteiger partial charge in [0.2, 0.25) is 16.1 Å². The third-order valence-electron chi connectivity index (χ3n) is 6.18. The summed E-state index contributed by atoms with van der Waals surface area (Å²) in [5.41, 5.74) is 4.57. The summed E-state index contributed by atoms with van der Waals surface area (Å²) in [6, 6.07) is 10.7. The summed E-state index contributed by atoms with van der Waals surface area (Å²) in [7, 11) is -3.54. The van der Waals surface area contributed by atoms with Crippen LogP contribution in [0, 0.1) is 6.92 Å². The van der Waals surface area contributed by atoms with Crippen LogP contribution in [0.25, 0.3) is 32.9 Å². The monoisotopic (exact) mass is 519 g/mol. The van der Waals surface area contributed by atoms with E-state index in [9.17, 15) is 18.3 Å². The van der Waals surface area contributed by atoms with Gasteiger partial charge in [-0.2, -0.15) is 0 Å². The van der Waals surface area contributed by atoms with Crippen LogP contribution in [-0.2, 0) is 26.0 Å². The predicted molar refractivity (Wildman–Crippen MR) is 141 cm³/mol. The topological polar surface area (TPSA) is 128 Å². The number of sulfonamides is 1. The van der Waals surface area contributed by atoms with Crippen LogP contribution in [0.15, 0.2) is 54.9 Å². The first-order valence-electron chi connectivity index (χ1n) is 11.5. The normalized spacial score (nSPS) is 13.7. The molecule has 2 aromatic heterocycles. The lowest BCUT2D eigenvalue weighted by molar-refractivity contribution is -0.148. The van der Waals surface area contributed by atoms with E-state index in [2.05, 4.69) is 21.3 Å². The van der Waals surface area contributed by atoms with Crippen molar-refractivity contribution in [3.05, 3.63) is 71.6 Å². The number of aromatic nitrogens is 2. The minimum Gasteiger partial charge on any atom is -0.493 e. The second-order valence-corrected chi connectivity index (χ2v) is 10.8. The number of carbonyl (C=O) groups is 1. The lowest BCUT2D eigenvalue weighted by atomic mass is 9.86. The molecule has 0 radical (unpaired) electrons. The Morgan fingerprint density at radius 2 is 2.03 bits per heavy atom. The van der Waals surface area contributed by atoms with Crippen LogP contribution in [0.3, 0.4) is 0 Å². The van der Waals surface area contributed by atoms with Crippen molar-refractivity contribution < 1.29 is 27.8 Å². The van der Waals surface area contributed by atoms with E-state index in [-0.39, 0.29) is 11.6 Å². The predicted octanol–water partition coefficient (Wildman–Crippen LogP) is 4.74. The van der Waals surface area contributed by atoms with Crippen molar-refractivity contribution in [2.75, 3.05) is 17.6 Å². The molecule has 3 heterocycles. The molecule has 1 atom stereocenters. The smallest absolute Gasteiger partial charge is 0.349 e. The number of benzene rings is 2. The van der Waals surface area contributed by atoms with Gasteiger partial charge in [0.1, 0.15) is 11.6 Å². The molecule has 0 fully saturated rings. The molecule has 2 aromatic carbocycles. The van der Waals surface area contributed by atoms with Crippen molar-refractivity contribution in [2.45, 2.75) is 26.4 Å². The third kappa shape index (κ3) is 4.55. The average Bonchev–Trinajstić information content (AvgIpc) is 2.81. The minimum atomic E-state index is -3.54. The van der Waals surface area contributed by atoms with E-state index in [1.807, 2.05) is 18.2 Å². The zero-order valence-electron chi connectivity index (χ0n) is 20.5. The van der Waals surface area contributed by atoms with Gasteiger partial charge in [0.05, 0.1) is 29.7 Å². The standard InChI is InChI=1S/C27H25N3O6S/c1-14(2)36-26(27(31)32)22-15(3)13-19-17(6-8-21(29-19)30-37(4,33)34)24(22)18-5-7-20-23-16(10-12-35-20)9-11-28-25(18)23/h5-9,11,13,26H,1,10,12H2,2-4H3,(H,29,30)(H,31,32)/t26-/m0/s1. The third-order valence-corrected chi connectivity index (χ3v) is 6.76. The van der Waals surface area contributed by atoms with E-state index in [0.717, 1.165) is 29.4 Å². The number of ether oxygens (including phenoxy) is 2. The minimum absolute atomic E-state index is 0.157. The zero-order chi connectivity index (χ0) is 26.5. The summed E-state index contributed by atoms with van der Waals surface area (Å²) in [6.07, 6.45) is 2.18. The fraction of sp³-hybridized carbons (Fsp3) is 0.222. The van der Waals surface area contributed by atoms with Gasteiger partial charge in [-0.15, -0.1) is 0 Å². The molecule has 5 rings (SSSR count). The molecule has 10 heteroatoms. The van der Waals surface area contributed by atoms with Gasteiger partial charge in [-0.3, -0.25) is 9.71 Å². The molecule has 0 bridgehead atoms. The first kappa shape index (κ1) is 24.5. The highest BCUT2D eigenvalue weighted by Crippen LogP contribution is 2.44. The highest BCUT2D eigenvalue weighted by atomic mass is 32.2. The Bertz CT molecular complexity index is 1700. The summed E-state index contributed by atoms with van der Waals surface area (Å²) in [5.74, 6) is -0.0389. The average molecular weight is 520 g/mol. The number of nitrogens with one attached hydrogen (secondary N) is 1. The first-order valence-corrected chi connectivity index (χ1v) is 13.4. The fourth-order valence-corrected chi connectivity index (χ4v) is 5.33. The van der Waals surface area contributed by atoms with Crippen molar-refractivity contribution in [1.82, 2.24) is 9.97 Å². The Balaban J connectivity index is 1.89. The number of carboxylic acid groups (broad SMARTS) is 1. The fourth-order valence-electron chi connectivity index (χ4n) is 4.83. The number of allylic oxidation sites excluding steroid dienone is 1. The Hall–Kier alpha value is -4.18. The van der Waals surface area contributed by atoms with E-state index < -0.39 is 22.1 Å². The summed E-state index contributed by atoms with van der Waals surface area (Å²) in [6.45, 7) is 7.68. The number of nitrogens with zero attached hydrogens (tertiary/aromatic N) is 2. The van der Waals surface area contributed by atoms with Gasteiger partial charge in [-0.25, -0.2) is 18.2 Å². The molecule has 0 spiro atoms. The molecule has 190 valence electrons. The van der Waals surface area contributed by atoms with Crippen molar-refractivity contribution >= 4 is 43.6 Å². The van der Waals surface area contributed by atoms with Crippen LogP contribution in [-0.4, -0.2) is 42.3 Å². The summed E-state index contributed by atoms with van der Waals surface area (Å²) in [4.78, 5) is 21.6.